The summed E-state index contributed by atoms with van der Waals surface area (Å²) in [4.78, 5) is 4.53. The first-order chi connectivity index (χ1) is 8.65. The molecule has 96 valence electrons. The van der Waals surface area contributed by atoms with Gasteiger partial charge in [0.2, 0.25) is 5.95 Å². The van der Waals surface area contributed by atoms with Gasteiger partial charge in [-0.15, -0.1) is 5.10 Å². The summed E-state index contributed by atoms with van der Waals surface area (Å²) < 4.78 is 2.77. The summed E-state index contributed by atoms with van der Waals surface area (Å²) in [5, 5.41) is 7.93. The zero-order valence-corrected chi connectivity index (χ0v) is 12.2. The molecule has 3 unspecified atom stereocenters. The van der Waals surface area contributed by atoms with E-state index < -0.39 is 0 Å². The summed E-state index contributed by atoms with van der Waals surface area (Å²) in [6.45, 7) is 4.63. The van der Waals surface area contributed by atoms with Gasteiger partial charge in [0.25, 0.3) is 0 Å². The Kier molecular flexibility index (Phi) is 3.01. The molecule has 3 atom stereocenters. The number of halogens is 1. The van der Waals surface area contributed by atoms with Gasteiger partial charge in [0.15, 0.2) is 5.65 Å². The quantitative estimate of drug-likeness (QED) is 0.925. The number of nitrogens with zero attached hydrogens (tertiary/aromatic N) is 3. The highest BCUT2D eigenvalue weighted by Gasteiger charge is 2.30. The maximum absolute atomic E-state index is 4.53. The van der Waals surface area contributed by atoms with Gasteiger partial charge in [-0.25, -0.2) is 4.52 Å². The first-order valence-corrected chi connectivity index (χ1v) is 7.22. The van der Waals surface area contributed by atoms with Gasteiger partial charge in [-0.05, 0) is 52.7 Å². The van der Waals surface area contributed by atoms with Crippen molar-refractivity contribution in [3.05, 3.63) is 22.8 Å². The number of rotatable bonds is 2. The Bertz CT molecular complexity index is 565. The van der Waals surface area contributed by atoms with Gasteiger partial charge >= 0.3 is 0 Å². The summed E-state index contributed by atoms with van der Waals surface area (Å²) in [6, 6.07) is 4.43. The number of pyridine rings is 1. The van der Waals surface area contributed by atoms with Gasteiger partial charge in [-0.2, -0.15) is 4.98 Å². The Balaban J connectivity index is 1.85. The predicted octanol–water partition coefficient (Wildman–Crippen LogP) is 3.34. The summed E-state index contributed by atoms with van der Waals surface area (Å²) in [5.74, 6) is 2.19. The molecule has 0 spiro atoms. The van der Waals surface area contributed by atoms with Crippen LogP contribution < -0.4 is 5.32 Å². The van der Waals surface area contributed by atoms with Crippen molar-refractivity contribution in [1.29, 1.82) is 0 Å². The third kappa shape index (κ3) is 2.00. The molecule has 0 aromatic carbocycles. The highest BCUT2D eigenvalue weighted by molar-refractivity contribution is 9.10. The van der Waals surface area contributed by atoms with Crippen LogP contribution in [0.5, 0.6) is 0 Å². The molecule has 0 bridgehead atoms. The van der Waals surface area contributed by atoms with Crippen LogP contribution >= 0.6 is 15.9 Å². The summed E-state index contributed by atoms with van der Waals surface area (Å²) in [7, 11) is 0. The Morgan fingerprint density at radius 3 is 2.89 bits per heavy atom. The van der Waals surface area contributed by atoms with Crippen LogP contribution in [0.15, 0.2) is 22.8 Å². The van der Waals surface area contributed by atoms with Crippen molar-refractivity contribution < 1.29 is 0 Å². The third-order valence-electron chi connectivity index (χ3n) is 4.09. The average Bonchev–Trinajstić information content (AvgIpc) is 2.89. The van der Waals surface area contributed by atoms with E-state index in [0.717, 1.165) is 22.0 Å². The lowest BCUT2D eigenvalue weighted by atomic mass is 9.98. The second-order valence-electron chi connectivity index (χ2n) is 5.22. The second-order valence-corrected chi connectivity index (χ2v) is 6.08. The number of aromatic nitrogens is 3. The van der Waals surface area contributed by atoms with Crippen molar-refractivity contribution in [3.8, 4) is 0 Å². The first-order valence-electron chi connectivity index (χ1n) is 6.42. The molecule has 3 rings (SSSR count). The van der Waals surface area contributed by atoms with Crippen molar-refractivity contribution in [2.24, 2.45) is 11.8 Å². The van der Waals surface area contributed by atoms with E-state index in [1.54, 1.807) is 4.52 Å². The molecular formula is C13H17BrN4. The van der Waals surface area contributed by atoms with E-state index in [1.807, 2.05) is 18.3 Å². The Labute approximate surface area is 115 Å². The van der Waals surface area contributed by atoms with E-state index in [9.17, 15) is 0 Å². The van der Waals surface area contributed by atoms with Crippen molar-refractivity contribution in [3.63, 3.8) is 0 Å². The summed E-state index contributed by atoms with van der Waals surface area (Å²) in [5.41, 5.74) is 0.860. The van der Waals surface area contributed by atoms with Gasteiger partial charge in [0, 0.05) is 12.2 Å². The summed E-state index contributed by atoms with van der Waals surface area (Å²) in [6.07, 6.45) is 4.41. The van der Waals surface area contributed by atoms with Crippen LogP contribution in [-0.4, -0.2) is 20.6 Å². The van der Waals surface area contributed by atoms with Gasteiger partial charge in [-0.3, -0.25) is 0 Å². The molecule has 18 heavy (non-hydrogen) atoms. The predicted molar refractivity (Wildman–Crippen MR) is 75.7 cm³/mol. The highest BCUT2D eigenvalue weighted by Crippen LogP contribution is 2.32. The van der Waals surface area contributed by atoms with Crippen molar-refractivity contribution in [2.75, 3.05) is 5.32 Å². The zero-order valence-electron chi connectivity index (χ0n) is 10.6. The summed E-state index contributed by atoms with van der Waals surface area (Å²) >= 11 is 3.49. The number of hydrogen-bond donors (Lipinski definition) is 1. The molecule has 1 N–H and O–H groups in total. The van der Waals surface area contributed by atoms with E-state index in [2.05, 4.69) is 45.2 Å². The normalized spacial score (nSPS) is 27.8. The molecular weight excluding hydrogens is 292 g/mol. The van der Waals surface area contributed by atoms with Crippen LogP contribution in [-0.2, 0) is 0 Å². The lowest BCUT2D eigenvalue weighted by Gasteiger charge is -2.18. The van der Waals surface area contributed by atoms with Crippen LogP contribution in [0, 0.1) is 11.8 Å². The van der Waals surface area contributed by atoms with Gasteiger partial charge in [0.1, 0.15) is 0 Å². The average molecular weight is 309 g/mol. The van der Waals surface area contributed by atoms with E-state index in [1.165, 1.54) is 12.8 Å². The molecule has 2 aromatic rings. The Hall–Kier alpha value is -1.10. The van der Waals surface area contributed by atoms with Crippen molar-refractivity contribution in [1.82, 2.24) is 14.6 Å². The molecule has 1 aliphatic carbocycles. The molecule has 0 radical (unpaired) electrons. The minimum absolute atomic E-state index is 0.496. The van der Waals surface area contributed by atoms with E-state index in [-0.39, 0.29) is 0 Å². The largest absolute Gasteiger partial charge is 0.350 e. The molecule has 1 aliphatic rings. The van der Waals surface area contributed by atoms with Gasteiger partial charge < -0.3 is 5.32 Å². The van der Waals surface area contributed by atoms with Crippen LogP contribution in [0.3, 0.4) is 0 Å². The minimum atomic E-state index is 0.496. The smallest absolute Gasteiger partial charge is 0.243 e. The molecule has 0 saturated heterocycles. The van der Waals surface area contributed by atoms with E-state index >= 15 is 0 Å². The SMILES string of the molecule is CC1CCC(Nc2nc3c(Br)cccn3n2)C1C. The van der Waals surface area contributed by atoms with Gasteiger partial charge in [-0.1, -0.05) is 13.8 Å². The van der Waals surface area contributed by atoms with Crippen LogP contribution in [0.25, 0.3) is 5.65 Å². The molecule has 1 fully saturated rings. The van der Waals surface area contributed by atoms with Gasteiger partial charge in [0.05, 0.1) is 4.47 Å². The number of anilines is 1. The Morgan fingerprint density at radius 2 is 2.22 bits per heavy atom. The highest BCUT2D eigenvalue weighted by atomic mass is 79.9. The number of fused-ring (bicyclic) bond motifs is 1. The molecule has 2 aromatic heterocycles. The van der Waals surface area contributed by atoms with Crippen molar-refractivity contribution >= 4 is 27.5 Å². The van der Waals surface area contributed by atoms with Crippen LogP contribution in [0.1, 0.15) is 26.7 Å². The minimum Gasteiger partial charge on any atom is -0.350 e. The molecule has 2 heterocycles. The van der Waals surface area contributed by atoms with E-state index in [0.29, 0.717) is 12.0 Å². The third-order valence-corrected chi connectivity index (χ3v) is 4.71. The van der Waals surface area contributed by atoms with Crippen LogP contribution in [0.4, 0.5) is 5.95 Å². The second kappa shape index (κ2) is 4.53. The van der Waals surface area contributed by atoms with Crippen LogP contribution in [0.2, 0.25) is 0 Å². The monoisotopic (exact) mass is 308 g/mol. The van der Waals surface area contributed by atoms with Crippen molar-refractivity contribution in [2.45, 2.75) is 32.7 Å². The molecule has 0 aliphatic heterocycles. The Morgan fingerprint density at radius 1 is 1.39 bits per heavy atom. The van der Waals surface area contributed by atoms with E-state index in [4.69, 9.17) is 0 Å². The molecule has 5 heteroatoms. The molecule has 0 amide bonds. The standard InChI is InChI=1S/C13H17BrN4/c1-8-5-6-11(9(8)2)15-13-16-12-10(14)4-3-7-18(12)17-13/h3-4,7-9,11H,5-6H2,1-2H3,(H,15,17). The number of hydrogen-bond acceptors (Lipinski definition) is 3. The fraction of sp³-hybridized carbons (Fsp3) is 0.538. The fourth-order valence-corrected chi connectivity index (χ4v) is 3.09. The molecule has 4 nitrogen and oxygen atoms in total. The maximum Gasteiger partial charge on any atom is 0.243 e. The fourth-order valence-electron chi connectivity index (χ4n) is 2.67. The lowest BCUT2D eigenvalue weighted by Crippen LogP contribution is -2.24. The topological polar surface area (TPSA) is 42.2 Å². The molecule has 1 saturated carbocycles. The maximum atomic E-state index is 4.53. The lowest BCUT2D eigenvalue weighted by molar-refractivity contribution is 0.434. The zero-order chi connectivity index (χ0) is 12.7. The number of nitrogens with one attached hydrogen (secondary N) is 1. The first kappa shape index (κ1) is 12.0.